The summed E-state index contributed by atoms with van der Waals surface area (Å²) in [7, 11) is 0. The Morgan fingerprint density at radius 2 is 1.88 bits per heavy atom. The maximum absolute atomic E-state index is 11.5. The molecular formula is C11H20N2O2S. The third-order valence-electron chi connectivity index (χ3n) is 2.90. The zero-order valence-electron chi connectivity index (χ0n) is 9.91. The molecule has 2 N–H and O–H groups in total. The molecule has 0 bridgehead atoms. The minimum Gasteiger partial charge on any atom is -0.335 e. The van der Waals surface area contributed by atoms with Crippen LogP contribution < -0.4 is 10.6 Å². The van der Waals surface area contributed by atoms with Gasteiger partial charge in [-0.15, -0.1) is 0 Å². The van der Waals surface area contributed by atoms with Crippen LogP contribution in [0.1, 0.15) is 39.0 Å². The summed E-state index contributed by atoms with van der Waals surface area (Å²) in [6.07, 6.45) is 7.49. The van der Waals surface area contributed by atoms with E-state index in [1.54, 1.807) is 6.92 Å². The van der Waals surface area contributed by atoms with Gasteiger partial charge in [0, 0.05) is 6.04 Å². The molecule has 1 aliphatic rings. The van der Waals surface area contributed by atoms with Crippen LogP contribution in [0, 0.1) is 0 Å². The summed E-state index contributed by atoms with van der Waals surface area (Å²) in [4.78, 5) is 22.9. The predicted molar refractivity (Wildman–Crippen MR) is 66.5 cm³/mol. The van der Waals surface area contributed by atoms with Crippen LogP contribution in [0.4, 0.5) is 4.79 Å². The molecule has 5 heteroatoms. The second kappa shape index (κ2) is 6.78. The Balaban J connectivity index is 2.26. The molecule has 1 aliphatic carbocycles. The molecule has 3 amide bonds. The number of hydrogen-bond donors (Lipinski definition) is 2. The van der Waals surface area contributed by atoms with Gasteiger partial charge in [0.15, 0.2) is 0 Å². The first-order valence-electron chi connectivity index (χ1n) is 5.77. The molecule has 0 aromatic carbocycles. The molecule has 1 atom stereocenters. The number of amides is 3. The molecule has 0 aromatic heterocycles. The van der Waals surface area contributed by atoms with Crippen LogP contribution in [0.25, 0.3) is 0 Å². The first kappa shape index (κ1) is 13.4. The van der Waals surface area contributed by atoms with Crippen LogP contribution in [-0.2, 0) is 4.79 Å². The third-order valence-corrected chi connectivity index (χ3v) is 3.82. The highest BCUT2D eigenvalue weighted by atomic mass is 32.2. The van der Waals surface area contributed by atoms with E-state index in [1.807, 2.05) is 6.26 Å². The Morgan fingerprint density at radius 1 is 1.25 bits per heavy atom. The molecule has 0 heterocycles. The molecule has 1 rings (SSSR count). The number of rotatable bonds is 3. The van der Waals surface area contributed by atoms with E-state index in [-0.39, 0.29) is 23.2 Å². The van der Waals surface area contributed by atoms with Gasteiger partial charge in [0.05, 0.1) is 5.25 Å². The van der Waals surface area contributed by atoms with E-state index in [4.69, 9.17) is 0 Å². The van der Waals surface area contributed by atoms with Crippen molar-refractivity contribution in [3.8, 4) is 0 Å². The Morgan fingerprint density at radius 3 is 2.44 bits per heavy atom. The summed E-state index contributed by atoms with van der Waals surface area (Å²) in [5.74, 6) is -0.221. The monoisotopic (exact) mass is 244 g/mol. The van der Waals surface area contributed by atoms with Crippen LogP contribution in [0.5, 0.6) is 0 Å². The lowest BCUT2D eigenvalue weighted by molar-refractivity contribution is -0.119. The number of urea groups is 1. The Labute approximate surface area is 101 Å². The van der Waals surface area contributed by atoms with Crippen molar-refractivity contribution in [2.24, 2.45) is 0 Å². The smallest absolute Gasteiger partial charge is 0.321 e. The molecule has 1 fully saturated rings. The molecule has 0 spiro atoms. The van der Waals surface area contributed by atoms with Crippen LogP contribution in [0.2, 0.25) is 0 Å². The second-order valence-corrected chi connectivity index (χ2v) is 5.35. The van der Waals surface area contributed by atoms with Crippen LogP contribution >= 0.6 is 11.8 Å². The second-order valence-electron chi connectivity index (χ2n) is 4.18. The summed E-state index contributed by atoms with van der Waals surface area (Å²) in [5.41, 5.74) is 0. The zero-order valence-corrected chi connectivity index (χ0v) is 10.7. The zero-order chi connectivity index (χ0) is 12.0. The SMILES string of the molecule is CS[C@H](C)C(=O)NC(=O)NC1CCCCC1. The van der Waals surface area contributed by atoms with Crippen molar-refractivity contribution in [2.45, 2.75) is 50.3 Å². The van der Waals surface area contributed by atoms with Crippen LogP contribution in [0.3, 0.4) is 0 Å². The van der Waals surface area contributed by atoms with E-state index >= 15 is 0 Å². The lowest BCUT2D eigenvalue weighted by atomic mass is 9.96. The number of carbonyl (C=O) groups is 2. The van der Waals surface area contributed by atoms with Crippen molar-refractivity contribution in [1.29, 1.82) is 0 Å². The average Bonchev–Trinajstić information content (AvgIpc) is 2.29. The fourth-order valence-corrected chi connectivity index (χ4v) is 2.06. The molecule has 1 saturated carbocycles. The summed E-state index contributed by atoms with van der Waals surface area (Å²) < 4.78 is 0. The Kier molecular flexibility index (Phi) is 5.66. The maximum atomic E-state index is 11.5. The number of hydrogen-bond acceptors (Lipinski definition) is 3. The van der Waals surface area contributed by atoms with Gasteiger partial charge in [0.2, 0.25) is 5.91 Å². The molecule has 4 nitrogen and oxygen atoms in total. The van der Waals surface area contributed by atoms with Gasteiger partial charge in [-0.3, -0.25) is 10.1 Å². The Hall–Kier alpha value is -0.710. The maximum Gasteiger partial charge on any atom is 0.321 e. The first-order chi connectivity index (χ1) is 7.63. The van der Waals surface area contributed by atoms with Crippen molar-refractivity contribution in [2.75, 3.05) is 6.26 Å². The molecule has 0 unspecified atom stereocenters. The van der Waals surface area contributed by atoms with Crippen molar-refractivity contribution in [1.82, 2.24) is 10.6 Å². The first-order valence-corrected chi connectivity index (χ1v) is 7.06. The summed E-state index contributed by atoms with van der Waals surface area (Å²) >= 11 is 1.43. The Bertz CT molecular complexity index is 252. The lowest BCUT2D eigenvalue weighted by Crippen LogP contribution is -2.47. The van der Waals surface area contributed by atoms with Crippen LogP contribution in [0.15, 0.2) is 0 Å². The molecule has 92 valence electrons. The van der Waals surface area contributed by atoms with E-state index in [0.717, 1.165) is 12.8 Å². The fourth-order valence-electron chi connectivity index (χ4n) is 1.79. The number of carbonyl (C=O) groups excluding carboxylic acids is 2. The fraction of sp³-hybridized carbons (Fsp3) is 0.818. The summed E-state index contributed by atoms with van der Waals surface area (Å²) in [5, 5.41) is 5.03. The van der Waals surface area contributed by atoms with E-state index < -0.39 is 0 Å². The van der Waals surface area contributed by atoms with E-state index in [9.17, 15) is 9.59 Å². The van der Waals surface area contributed by atoms with Gasteiger partial charge in [-0.1, -0.05) is 19.3 Å². The van der Waals surface area contributed by atoms with Gasteiger partial charge < -0.3 is 5.32 Å². The van der Waals surface area contributed by atoms with Crippen molar-refractivity contribution in [3.63, 3.8) is 0 Å². The average molecular weight is 244 g/mol. The largest absolute Gasteiger partial charge is 0.335 e. The summed E-state index contributed by atoms with van der Waals surface area (Å²) in [6.45, 7) is 1.79. The molecule has 0 aromatic rings. The van der Waals surface area contributed by atoms with Crippen molar-refractivity contribution < 1.29 is 9.59 Å². The highest BCUT2D eigenvalue weighted by Crippen LogP contribution is 2.17. The highest BCUT2D eigenvalue weighted by Gasteiger charge is 2.18. The van der Waals surface area contributed by atoms with Crippen LogP contribution in [-0.4, -0.2) is 29.5 Å². The van der Waals surface area contributed by atoms with E-state index in [2.05, 4.69) is 10.6 Å². The van der Waals surface area contributed by atoms with Gasteiger partial charge in [-0.25, -0.2) is 4.79 Å². The van der Waals surface area contributed by atoms with E-state index in [0.29, 0.717) is 0 Å². The standard InChI is InChI=1S/C11H20N2O2S/c1-8(16-2)10(14)13-11(15)12-9-6-4-3-5-7-9/h8-9H,3-7H2,1-2H3,(H2,12,13,14,15)/t8-/m1/s1. The highest BCUT2D eigenvalue weighted by molar-refractivity contribution is 7.99. The molecule has 0 aliphatic heterocycles. The number of thioether (sulfide) groups is 1. The third kappa shape index (κ3) is 4.43. The van der Waals surface area contributed by atoms with Gasteiger partial charge in [-0.05, 0) is 26.0 Å². The van der Waals surface area contributed by atoms with Crippen molar-refractivity contribution in [3.05, 3.63) is 0 Å². The summed E-state index contributed by atoms with van der Waals surface area (Å²) in [6, 6.07) is -0.107. The minimum atomic E-state index is -0.349. The molecular weight excluding hydrogens is 224 g/mol. The quantitative estimate of drug-likeness (QED) is 0.797. The van der Waals surface area contributed by atoms with Gasteiger partial charge in [0.1, 0.15) is 0 Å². The minimum absolute atomic E-state index is 0.183. The lowest BCUT2D eigenvalue weighted by Gasteiger charge is -2.22. The van der Waals surface area contributed by atoms with Gasteiger partial charge in [0.25, 0.3) is 0 Å². The van der Waals surface area contributed by atoms with Crippen molar-refractivity contribution >= 4 is 23.7 Å². The normalized spacial score (nSPS) is 18.9. The predicted octanol–water partition coefficient (Wildman–Crippen LogP) is 1.90. The topological polar surface area (TPSA) is 58.2 Å². The molecule has 0 radical (unpaired) electrons. The van der Waals surface area contributed by atoms with E-state index in [1.165, 1.54) is 31.0 Å². The van der Waals surface area contributed by atoms with Gasteiger partial charge in [-0.2, -0.15) is 11.8 Å². The van der Waals surface area contributed by atoms with Gasteiger partial charge >= 0.3 is 6.03 Å². The number of nitrogens with one attached hydrogen (secondary N) is 2. The molecule has 16 heavy (non-hydrogen) atoms. The molecule has 0 saturated heterocycles. The number of imide groups is 1.